The van der Waals surface area contributed by atoms with E-state index in [0.717, 1.165) is 35.9 Å². The smallest absolute Gasteiger partial charge is 0.221 e. The predicted molar refractivity (Wildman–Crippen MR) is 106 cm³/mol. The second-order valence-electron chi connectivity index (χ2n) is 5.83. The Balaban J connectivity index is 1.75. The second-order valence-corrected chi connectivity index (χ2v) is 5.83. The summed E-state index contributed by atoms with van der Waals surface area (Å²) < 4.78 is 5.16. The molecule has 1 amide bonds. The molecule has 0 spiro atoms. The first-order valence-corrected chi connectivity index (χ1v) is 8.54. The van der Waals surface area contributed by atoms with E-state index in [1.807, 2.05) is 48.5 Å². The van der Waals surface area contributed by atoms with Crippen LogP contribution in [0, 0.1) is 0 Å². The van der Waals surface area contributed by atoms with Crippen LogP contribution in [0.5, 0.6) is 5.75 Å². The van der Waals surface area contributed by atoms with Crippen molar-refractivity contribution >= 4 is 17.6 Å². The van der Waals surface area contributed by atoms with E-state index < -0.39 is 0 Å². The van der Waals surface area contributed by atoms with E-state index in [2.05, 4.69) is 20.9 Å². The normalized spacial score (nSPS) is 11.0. The molecule has 2 rings (SSSR count). The summed E-state index contributed by atoms with van der Waals surface area (Å²) in [6.07, 6.45) is 0.865. The Morgan fingerprint density at radius 2 is 1.65 bits per heavy atom. The summed E-state index contributed by atoms with van der Waals surface area (Å²) in [6.45, 7) is 2.96. The lowest BCUT2D eigenvalue weighted by Gasteiger charge is -2.12. The van der Waals surface area contributed by atoms with Crippen molar-refractivity contribution < 1.29 is 9.53 Å². The number of methoxy groups -OCH3 is 1. The van der Waals surface area contributed by atoms with Gasteiger partial charge in [0.2, 0.25) is 5.91 Å². The predicted octanol–water partition coefficient (Wildman–Crippen LogP) is 2.56. The zero-order chi connectivity index (χ0) is 18.8. The Bertz CT molecular complexity index is 724. The lowest BCUT2D eigenvalue weighted by atomic mass is 10.1. The number of rotatable bonds is 7. The summed E-state index contributed by atoms with van der Waals surface area (Å²) in [5, 5.41) is 9.36. The average molecular weight is 354 g/mol. The first-order chi connectivity index (χ1) is 12.6. The topological polar surface area (TPSA) is 74.8 Å². The van der Waals surface area contributed by atoms with Gasteiger partial charge in [0.05, 0.1) is 7.11 Å². The third kappa shape index (κ3) is 6.47. The number of ether oxygens (including phenoxy) is 1. The van der Waals surface area contributed by atoms with Gasteiger partial charge in [-0.3, -0.25) is 9.79 Å². The van der Waals surface area contributed by atoms with Gasteiger partial charge in [-0.25, -0.2) is 0 Å². The first kappa shape index (κ1) is 19.3. The molecule has 0 aliphatic heterocycles. The Labute approximate surface area is 154 Å². The molecule has 26 heavy (non-hydrogen) atoms. The highest BCUT2D eigenvalue weighted by Gasteiger charge is 2.00. The number of carbonyl (C=O) groups is 1. The molecule has 0 atom stereocenters. The van der Waals surface area contributed by atoms with E-state index in [-0.39, 0.29) is 5.91 Å². The first-order valence-electron chi connectivity index (χ1n) is 8.54. The molecule has 6 heteroatoms. The van der Waals surface area contributed by atoms with Crippen molar-refractivity contribution in [2.75, 3.05) is 26.0 Å². The number of aliphatic imine (C=N–C) groups is 1. The van der Waals surface area contributed by atoms with E-state index in [9.17, 15) is 4.79 Å². The fraction of sp³-hybridized carbons (Fsp3) is 0.300. The molecule has 0 saturated carbocycles. The number of nitrogens with zero attached hydrogens (tertiary/aromatic N) is 1. The Kier molecular flexibility index (Phi) is 7.49. The van der Waals surface area contributed by atoms with E-state index in [0.29, 0.717) is 6.54 Å². The summed E-state index contributed by atoms with van der Waals surface area (Å²) in [4.78, 5) is 15.3. The molecule has 6 nitrogen and oxygen atoms in total. The van der Waals surface area contributed by atoms with Gasteiger partial charge in [0.25, 0.3) is 0 Å². The maximum absolute atomic E-state index is 11.0. The lowest BCUT2D eigenvalue weighted by Crippen LogP contribution is -2.37. The number of guanidine groups is 1. The highest BCUT2D eigenvalue weighted by atomic mass is 16.5. The molecule has 2 aromatic carbocycles. The molecule has 2 aromatic rings. The summed E-state index contributed by atoms with van der Waals surface area (Å²) in [6, 6.07) is 15.8. The molecule has 138 valence electrons. The Morgan fingerprint density at radius 3 is 2.23 bits per heavy atom. The van der Waals surface area contributed by atoms with Gasteiger partial charge in [-0.15, -0.1) is 0 Å². The third-order valence-electron chi connectivity index (χ3n) is 3.82. The van der Waals surface area contributed by atoms with Crippen LogP contribution in [0.15, 0.2) is 53.5 Å². The SMILES string of the molecule is CN=C(NCCc1ccc(NC(C)=O)cc1)NCc1ccc(OC)cc1. The van der Waals surface area contributed by atoms with Gasteiger partial charge in [-0.2, -0.15) is 0 Å². The van der Waals surface area contributed by atoms with Gasteiger partial charge in [0.15, 0.2) is 5.96 Å². The van der Waals surface area contributed by atoms with Crippen molar-refractivity contribution in [3.05, 3.63) is 59.7 Å². The monoisotopic (exact) mass is 354 g/mol. The van der Waals surface area contributed by atoms with Crippen LogP contribution in [0.1, 0.15) is 18.1 Å². The third-order valence-corrected chi connectivity index (χ3v) is 3.82. The van der Waals surface area contributed by atoms with Gasteiger partial charge in [0.1, 0.15) is 5.75 Å². The maximum Gasteiger partial charge on any atom is 0.221 e. The average Bonchev–Trinajstić information content (AvgIpc) is 2.66. The number of nitrogens with one attached hydrogen (secondary N) is 3. The van der Waals surface area contributed by atoms with Crippen molar-refractivity contribution in [2.24, 2.45) is 4.99 Å². The minimum atomic E-state index is -0.0637. The van der Waals surface area contributed by atoms with Crippen molar-refractivity contribution in [1.29, 1.82) is 0 Å². The maximum atomic E-state index is 11.0. The van der Waals surface area contributed by atoms with Gasteiger partial charge >= 0.3 is 0 Å². The molecule has 0 aliphatic rings. The minimum absolute atomic E-state index is 0.0637. The molecule has 0 aliphatic carbocycles. The summed E-state index contributed by atoms with van der Waals surface area (Å²) >= 11 is 0. The second kappa shape index (κ2) is 10.1. The minimum Gasteiger partial charge on any atom is -0.497 e. The van der Waals surface area contributed by atoms with Crippen LogP contribution in [-0.2, 0) is 17.8 Å². The van der Waals surface area contributed by atoms with Crippen LogP contribution in [-0.4, -0.2) is 32.6 Å². The van der Waals surface area contributed by atoms with E-state index in [1.54, 1.807) is 14.2 Å². The van der Waals surface area contributed by atoms with Crippen LogP contribution >= 0.6 is 0 Å². The van der Waals surface area contributed by atoms with Crippen LogP contribution < -0.4 is 20.7 Å². The van der Waals surface area contributed by atoms with Crippen LogP contribution in [0.4, 0.5) is 5.69 Å². The van der Waals surface area contributed by atoms with Crippen molar-refractivity contribution in [2.45, 2.75) is 19.9 Å². The molecule has 0 bridgehead atoms. The molecule has 0 unspecified atom stereocenters. The lowest BCUT2D eigenvalue weighted by molar-refractivity contribution is -0.114. The van der Waals surface area contributed by atoms with Gasteiger partial charge in [-0.05, 0) is 41.8 Å². The molecule has 0 aromatic heterocycles. The van der Waals surface area contributed by atoms with Crippen molar-refractivity contribution in [1.82, 2.24) is 10.6 Å². The molecule has 0 radical (unpaired) electrons. The van der Waals surface area contributed by atoms with Crippen LogP contribution in [0.25, 0.3) is 0 Å². The quantitative estimate of drug-likeness (QED) is 0.528. The van der Waals surface area contributed by atoms with Gasteiger partial charge < -0.3 is 20.7 Å². The standard InChI is InChI=1S/C20H26N4O2/c1-15(25)24-18-8-4-16(5-9-18)12-13-22-20(21-2)23-14-17-6-10-19(26-3)11-7-17/h4-11H,12-14H2,1-3H3,(H,24,25)(H2,21,22,23). The molecule has 0 saturated heterocycles. The van der Waals surface area contributed by atoms with Gasteiger partial charge in [0, 0.05) is 32.7 Å². The molecule has 0 fully saturated rings. The zero-order valence-corrected chi connectivity index (χ0v) is 15.5. The number of hydrogen-bond donors (Lipinski definition) is 3. The van der Waals surface area contributed by atoms with E-state index >= 15 is 0 Å². The fourth-order valence-electron chi connectivity index (χ4n) is 2.43. The van der Waals surface area contributed by atoms with Gasteiger partial charge in [-0.1, -0.05) is 24.3 Å². The summed E-state index contributed by atoms with van der Waals surface area (Å²) in [5.74, 6) is 1.54. The number of benzene rings is 2. The highest BCUT2D eigenvalue weighted by molar-refractivity contribution is 5.88. The Hall–Kier alpha value is -3.02. The zero-order valence-electron chi connectivity index (χ0n) is 15.5. The number of anilines is 1. The number of carbonyl (C=O) groups excluding carboxylic acids is 1. The van der Waals surface area contributed by atoms with E-state index in [1.165, 1.54) is 12.5 Å². The molecular formula is C20H26N4O2. The number of amides is 1. The molecule has 3 N–H and O–H groups in total. The molecular weight excluding hydrogens is 328 g/mol. The van der Waals surface area contributed by atoms with Crippen LogP contribution in [0.2, 0.25) is 0 Å². The van der Waals surface area contributed by atoms with Crippen LogP contribution in [0.3, 0.4) is 0 Å². The largest absolute Gasteiger partial charge is 0.497 e. The van der Waals surface area contributed by atoms with Crippen molar-refractivity contribution in [3.8, 4) is 5.75 Å². The number of hydrogen-bond acceptors (Lipinski definition) is 3. The summed E-state index contributed by atoms with van der Waals surface area (Å²) in [5.41, 5.74) is 3.16. The van der Waals surface area contributed by atoms with Crippen molar-refractivity contribution in [3.63, 3.8) is 0 Å². The summed E-state index contributed by atoms with van der Waals surface area (Å²) in [7, 11) is 3.41. The van der Waals surface area contributed by atoms with E-state index in [4.69, 9.17) is 4.74 Å². The highest BCUT2D eigenvalue weighted by Crippen LogP contribution is 2.11. The Morgan fingerprint density at radius 1 is 1.00 bits per heavy atom. The molecule has 0 heterocycles. The fourth-order valence-corrected chi connectivity index (χ4v) is 2.43.